The maximum absolute atomic E-state index is 13.2. The van der Waals surface area contributed by atoms with Crippen molar-refractivity contribution in [1.29, 1.82) is 0 Å². The molecule has 0 radical (unpaired) electrons. The number of hydrogen-bond acceptors (Lipinski definition) is 6. The van der Waals surface area contributed by atoms with Gasteiger partial charge in [-0.05, 0) is 66.2 Å². The second-order valence-electron chi connectivity index (χ2n) is 6.88. The Bertz CT molecular complexity index is 1230. The molecule has 1 heterocycles. The molecule has 166 valence electrons. The van der Waals surface area contributed by atoms with E-state index in [2.05, 4.69) is 15.3 Å². The normalized spacial score (nSPS) is 10.5. The van der Waals surface area contributed by atoms with Gasteiger partial charge in [0.05, 0.1) is 7.11 Å². The van der Waals surface area contributed by atoms with Gasteiger partial charge in [0.1, 0.15) is 17.3 Å². The zero-order chi connectivity index (χ0) is 23.0. The summed E-state index contributed by atoms with van der Waals surface area (Å²) >= 11 is 1.32. The molecule has 0 saturated heterocycles. The van der Waals surface area contributed by atoms with Crippen LogP contribution in [0, 0.1) is 5.82 Å². The Morgan fingerprint density at radius 2 is 1.73 bits per heavy atom. The van der Waals surface area contributed by atoms with Crippen LogP contribution in [0.25, 0.3) is 0 Å². The fourth-order valence-electron chi connectivity index (χ4n) is 2.92. The van der Waals surface area contributed by atoms with Crippen LogP contribution in [0.15, 0.2) is 95.1 Å². The number of methoxy groups -OCH3 is 1. The van der Waals surface area contributed by atoms with E-state index in [1.165, 1.54) is 30.1 Å². The van der Waals surface area contributed by atoms with E-state index < -0.39 is 0 Å². The molecule has 1 amide bonds. The van der Waals surface area contributed by atoms with E-state index in [0.717, 1.165) is 16.2 Å². The minimum atomic E-state index is -0.303. The Hall–Kier alpha value is -3.91. The van der Waals surface area contributed by atoms with E-state index in [4.69, 9.17) is 9.47 Å². The number of nitrogens with zero attached hydrogens (tertiary/aromatic N) is 2. The molecule has 0 aliphatic heterocycles. The van der Waals surface area contributed by atoms with Gasteiger partial charge < -0.3 is 14.8 Å². The Kier molecular flexibility index (Phi) is 7.16. The van der Waals surface area contributed by atoms with Crippen molar-refractivity contribution in [2.24, 2.45) is 0 Å². The topological polar surface area (TPSA) is 73.3 Å². The molecule has 0 saturated carbocycles. The second kappa shape index (κ2) is 10.6. The van der Waals surface area contributed by atoms with Crippen LogP contribution in [0.5, 0.6) is 17.4 Å². The maximum atomic E-state index is 13.2. The predicted molar refractivity (Wildman–Crippen MR) is 123 cm³/mol. The van der Waals surface area contributed by atoms with E-state index >= 15 is 0 Å². The van der Waals surface area contributed by atoms with E-state index in [0.29, 0.717) is 28.8 Å². The second-order valence-corrected chi connectivity index (χ2v) is 7.95. The highest BCUT2D eigenvalue weighted by atomic mass is 32.2. The molecule has 0 fully saturated rings. The summed E-state index contributed by atoms with van der Waals surface area (Å²) in [6.07, 6.45) is 3.10. The Morgan fingerprint density at radius 1 is 0.970 bits per heavy atom. The van der Waals surface area contributed by atoms with Gasteiger partial charge in [-0.25, -0.2) is 14.4 Å². The van der Waals surface area contributed by atoms with Crippen LogP contribution in [0.4, 0.5) is 4.39 Å². The standard InChI is InChI=1S/C25H20FN3O3S/c1-31-21-4-2-3-17(15-21)16-29-23(30)18-5-9-20(10-6-18)32-24-25(28-14-13-27-24)33-22-11-7-19(26)8-12-22/h2-15H,16H2,1H3,(H,29,30). The third-order valence-electron chi connectivity index (χ3n) is 4.58. The molecule has 4 aromatic rings. The van der Waals surface area contributed by atoms with Gasteiger partial charge in [-0.15, -0.1) is 0 Å². The van der Waals surface area contributed by atoms with E-state index in [1.54, 1.807) is 49.7 Å². The fraction of sp³-hybridized carbons (Fsp3) is 0.0800. The molecule has 0 spiro atoms. The van der Waals surface area contributed by atoms with Crippen molar-refractivity contribution < 1.29 is 18.7 Å². The quantitative estimate of drug-likeness (QED) is 0.374. The lowest BCUT2D eigenvalue weighted by Crippen LogP contribution is -2.22. The Labute approximate surface area is 194 Å². The van der Waals surface area contributed by atoms with E-state index in [-0.39, 0.29) is 11.7 Å². The number of hydrogen-bond donors (Lipinski definition) is 1. The van der Waals surface area contributed by atoms with Gasteiger partial charge in [-0.1, -0.05) is 23.9 Å². The van der Waals surface area contributed by atoms with Crippen molar-refractivity contribution in [3.05, 3.63) is 102 Å². The maximum Gasteiger partial charge on any atom is 0.252 e. The summed E-state index contributed by atoms with van der Waals surface area (Å²) < 4.78 is 24.2. The molecule has 0 aliphatic carbocycles. The minimum Gasteiger partial charge on any atom is -0.497 e. The molecule has 8 heteroatoms. The van der Waals surface area contributed by atoms with Crippen LogP contribution in [0.3, 0.4) is 0 Å². The summed E-state index contributed by atoms with van der Waals surface area (Å²) in [5.41, 5.74) is 1.45. The Morgan fingerprint density at radius 3 is 2.48 bits per heavy atom. The largest absolute Gasteiger partial charge is 0.497 e. The number of carbonyl (C=O) groups is 1. The van der Waals surface area contributed by atoms with Crippen molar-refractivity contribution in [3.8, 4) is 17.4 Å². The number of ether oxygens (including phenoxy) is 2. The van der Waals surface area contributed by atoms with Crippen molar-refractivity contribution in [2.45, 2.75) is 16.5 Å². The molecule has 6 nitrogen and oxygen atoms in total. The predicted octanol–water partition coefficient (Wildman–Crippen LogP) is 5.50. The molecule has 33 heavy (non-hydrogen) atoms. The van der Waals surface area contributed by atoms with Crippen molar-refractivity contribution in [3.63, 3.8) is 0 Å². The summed E-state index contributed by atoms with van der Waals surface area (Å²) in [6.45, 7) is 0.387. The highest BCUT2D eigenvalue weighted by Gasteiger charge is 2.11. The van der Waals surface area contributed by atoms with Gasteiger partial charge in [0, 0.05) is 29.4 Å². The monoisotopic (exact) mass is 461 g/mol. The molecule has 3 aromatic carbocycles. The van der Waals surface area contributed by atoms with Crippen LogP contribution >= 0.6 is 11.8 Å². The average Bonchev–Trinajstić information content (AvgIpc) is 2.85. The third-order valence-corrected chi connectivity index (χ3v) is 5.56. The molecule has 0 unspecified atom stereocenters. The molecule has 1 N–H and O–H groups in total. The van der Waals surface area contributed by atoms with Gasteiger partial charge in [0.25, 0.3) is 11.8 Å². The lowest BCUT2D eigenvalue weighted by atomic mass is 10.2. The molecule has 1 aromatic heterocycles. The van der Waals surface area contributed by atoms with E-state index in [1.807, 2.05) is 24.3 Å². The number of amides is 1. The zero-order valence-corrected chi connectivity index (χ0v) is 18.5. The first kappa shape index (κ1) is 22.3. The van der Waals surface area contributed by atoms with Gasteiger partial charge in [0.15, 0.2) is 5.03 Å². The van der Waals surface area contributed by atoms with Crippen LogP contribution in [0.1, 0.15) is 15.9 Å². The summed E-state index contributed by atoms with van der Waals surface area (Å²) in [6, 6.07) is 20.4. The number of carbonyl (C=O) groups excluding carboxylic acids is 1. The molecule has 4 rings (SSSR count). The van der Waals surface area contributed by atoms with E-state index in [9.17, 15) is 9.18 Å². The van der Waals surface area contributed by atoms with Crippen molar-refractivity contribution in [1.82, 2.24) is 15.3 Å². The summed E-state index contributed by atoms with van der Waals surface area (Å²) in [4.78, 5) is 21.9. The van der Waals surface area contributed by atoms with Gasteiger partial charge >= 0.3 is 0 Å². The molecule has 0 atom stereocenters. The smallest absolute Gasteiger partial charge is 0.252 e. The molecule has 0 bridgehead atoms. The molecule has 0 aliphatic rings. The number of benzene rings is 3. The summed E-state index contributed by atoms with van der Waals surface area (Å²) in [5, 5.41) is 3.43. The SMILES string of the molecule is COc1cccc(CNC(=O)c2ccc(Oc3nccnc3Sc3ccc(F)cc3)cc2)c1. The zero-order valence-electron chi connectivity index (χ0n) is 17.7. The third kappa shape index (κ3) is 6.08. The minimum absolute atomic E-state index is 0.198. The van der Waals surface area contributed by atoms with Gasteiger partial charge in [-0.3, -0.25) is 4.79 Å². The number of nitrogens with one attached hydrogen (secondary N) is 1. The highest BCUT2D eigenvalue weighted by molar-refractivity contribution is 7.99. The van der Waals surface area contributed by atoms with Crippen LogP contribution in [0.2, 0.25) is 0 Å². The highest BCUT2D eigenvalue weighted by Crippen LogP contribution is 2.33. The van der Waals surface area contributed by atoms with Gasteiger partial charge in [0.2, 0.25) is 0 Å². The summed E-state index contributed by atoms with van der Waals surface area (Å²) in [7, 11) is 1.60. The van der Waals surface area contributed by atoms with Crippen LogP contribution in [-0.4, -0.2) is 23.0 Å². The Balaban J connectivity index is 1.39. The fourth-order valence-corrected chi connectivity index (χ4v) is 3.71. The first-order valence-corrected chi connectivity index (χ1v) is 10.9. The molecular weight excluding hydrogens is 441 g/mol. The van der Waals surface area contributed by atoms with Crippen molar-refractivity contribution >= 4 is 17.7 Å². The summed E-state index contributed by atoms with van der Waals surface area (Å²) in [5.74, 6) is 1.08. The average molecular weight is 462 g/mol. The number of aromatic nitrogens is 2. The number of rotatable bonds is 8. The first-order valence-electron chi connectivity index (χ1n) is 10.0. The van der Waals surface area contributed by atoms with Crippen LogP contribution < -0.4 is 14.8 Å². The molecular formula is C25H20FN3O3S. The number of halogens is 1. The lowest BCUT2D eigenvalue weighted by molar-refractivity contribution is 0.0951. The van der Waals surface area contributed by atoms with Crippen LogP contribution in [-0.2, 0) is 6.54 Å². The van der Waals surface area contributed by atoms with Crippen molar-refractivity contribution in [2.75, 3.05) is 7.11 Å². The first-order chi connectivity index (χ1) is 16.1. The van der Waals surface area contributed by atoms with Gasteiger partial charge in [-0.2, -0.15) is 0 Å². The lowest BCUT2D eigenvalue weighted by Gasteiger charge is -2.10.